The molecule has 11 heavy (non-hydrogen) atoms. The Labute approximate surface area is 74.8 Å². The third-order valence-electron chi connectivity index (χ3n) is 1.22. The molecule has 0 aliphatic carbocycles. The largest absolute Gasteiger partial charge is 0.205 e. The molecule has 0 amide bonds. The molecule has 1 aromatic carbocycles. The molecule has 0 atom stereocenters. The standard InChI is InChI=1S/C8H8ClFS/c1-2-11-7-5-3-4-6(10)8(7)9/h3-5H,2H2,1H3. The van der Waals surface area contributed by atoms with Gasteiger partial charge in [-0.1, -0.05) is 24.6 Å². The lowest BCUT2D eigenvalue weighted by Gasteiger charge is -2.00. The van der Waals surface area contributed by atoms with Crippen LogP contribution in [-0.2, 0) is 0 Å². The van der Waals surface area contributed by atoms with Gasteiger partial charge >= 0.3 is 0 Å². The quantitative estimate of drug-likeness (QED) is 0.643. The van der Waals surface area contributed by atoms with Crippen LogP contribution in [0, 0.1) is 5.82 Å². The molecule has 0 aliphatic heterocycles. The third kappa shape index (κ3) is 2.11. The topological polar surface area (TPSA) is 0 Å². The van der Waals surface area contributed by atoms with Crippen molar-refractivity contribution >= 4 is 23.4 Å². The molecular formula is C8H8ClFS. The van der Waals surface area contributed by atoms with Crippen LogP contribution in [0.4, 0.5) is 4.39 Å². The second-order valence-electron chi connectivity index (χ2n) is 1.98. The summed E-state index contributed by atoms with van der Waals surface area (Å²) in [6, 6.07) is 4.85. The van der Waals surface area contributed by atoms with Crippen molar-refractivity contribution in [2.45, 2.75) is 11.8 Å². The summed E-state index contributed by atoms with van der Waals surface area (Å²) in [5.74, 6) is 0.563. The highest BCUT2D eigenvalue weighted by molar-refractivity contribution is 7.99. The summed E-state index contributed by atoms with van der Waals surface area (Å²) in [5.41, 5.74) is 0. The fourth-order valence-corrected chi connectivity index (χ4v) is 1.75. The summed E-state index contributed by atoms with van der Waals surface area (Å²) in [4.78, 5) is 0.814. The van der Waals surface area contributed by atoms with E-state index in [9.17, 15) is 4.39 Å². The Hall–Kier alpha value is -0.210. The smallest absolute Gasteiger partial charge is 0.142 e. The van der Waals surface area contributed by atoms with E-state index in [0.717, 1.165) is 10.6 Å². The van der Waals surface area contributed by atoms with E-state index in [1.807, 2.05) is 13.0 Å². The molecule has 0 unspecified atom stereocenters. The average Bonchev–Trinajstić information content (AvgIpc) is 1.99. The van der Waals surface area contributed by atoms with Gasteiger partial charge in [0, 0.05) is 4.90 Å². The van der Waals surface area contributed by atoms with Gasteiger partial charge in [-0.3, -0.25) is 0 Å². The van der Waals surface area contributed by atoms with Gasteiger partial charge in [0.25, 0.3) is 0 Å². The van der Waals surface area contributed by atoms with Gasteiger partial charge in [0.1, 0.15) is 5.82 Å². The Bertz CT molecular complexity index is 250. The van der Waals surface area contributed by atoms with E-state index < -0.39 is 0 Å². The van der Waals surface area contributed by atoms with Crippen molar-refractivity contribution < 1.29 is 4.39 Å². The SMILES string of the molecule is CCSc1cccc(F)c1Cl. The molecule has 0 radical (unpaired) electrons. The zero-order chi connectivity index (χ0) is 8.27. The minimum atomic E-state index is -0.342. The van der Waals surface area contributed by atoms with Gasteiger partial charge in [-0.05, 0) is 17.9 Å². The number of rotatable bonds is 2. The number of benzene rings is 1. The van der Waals surface area contributed by atoms with Crippen molar-refractivity contribution in [3.8, 4) is 0 Å². The summed E-state index contributed by atoms with van der Waals surface area (Å²) in [5, 5.41) is 0.236. The number of halogens is 2. The first-order chi connectivity index (χ1) is 5.25. The molecule has 0 N–H and O–H groups in total. The van der Waals surface area contributed by atoms with Crippen LogP contribution in [0.3, 0.4) is 0 Å². The van der Waals surface area contributed by atoms with Gasteiger partial charge in [0.2, 0.25) is 0 Å². The normalized spacial score (nSPS) is 10.1. The molecule has 0 saturated heterocycles. The lowest BCUT2D eigenvalue weighted by molar-refractivity contribution is 0.625. The third-order valence-corrected chi connectivity index (χ3v) is 2.65. The number of thioether (sulfide) groups is 1. The predicted octanol–water partition coefficient (Wildman–Crippen LogP) is 3.59. The van der Waals surface area contributed by atoms with Crippen LogP contribution in [0.2, 0.25) is 5.02 Å². The van der Waals surface area contributed by atoms with Crippen molar-refractivity contribution in [2.24, 2.45) is 0 Å². The van der Waals surface area contributed by atoms with Gasteiger partial charge < -0.3 is 0 Å². The molecule has 0 fully saturated rings. The van der Waals surface area contributed by atoms with Crippen molar-refractivity contribution in [3.63, 3.8) is 0 Å². The molecule has 1 aromatic rings. The summed E-state index contributed by atoms with van der Waals surface area (Å²) < 4.78 is 12.8. The summed E-state index contributed by atoms with van der Waals surface area (Å²) >= 11 is 7.22. The lowest BCUT2D eigenvalue weighted by atomic mass is 10.3. The van der Waals surface area contributed by atoms with Gasteiger partial charge in [-0.25, -0.2) is 4.39 Å². The highest BCUT2D eigenvalue weighted by atomic mass is 35.5. The molecule has 3 heteroatoms. The second kappa shape index (κ2) is 3.98. The molecule has 0 nitrogen and oxygen atoms in total. The zero-order valence-electron chi connectivity index (χ0n) is 6.10. The molecular weight excluding hydrogens is 183 g/mol. The van der Waals surface area contributed by atoms with Gasteiger partial charge in [0.15, 0.2) is 0 Å². The van der Waals surface area contributed by atoms with E-state index in [2.05, 4.69) is 0 Å². The van der Waals surface area contributed by atoms with E-state index in [1.54, 1.807) is 17.8 Å². The fourth-order valence-electron chi connectivity index (χ4n) is 0.751. The van der Waals surface area contributed by atoms with Gasteiger partial charge in [0.05, 0.1) is 5.02 Å². The van der Waals surface area contributed by atoms with E-state index in [0.29, 0.717) is 0 Å². The van der Waals surface area contributed by atoms with Crippen molar-refractivity contribution in [1.29, 1.82) is 0 Å². The summed E-state index contributed by atoms with van der Waals surface area (Å²) in [6.45, 7) is 2.01. The van der Waals surface area contributed by atoms with Crippen LogP contribution < -0.4 is 0 Å². The zero-order valence-corrected chi connectivity index (χ0v) is 7.68. The molecule has 0 heterocycles. The lowest BCUT2D eigenvalue weighted by Crippen LogP contribution is -1.80. The van der Waals surface area contributed by atoms with E-state index in [-0.39, 0.29) is 10.8 Å². The highest BCUT2D eigenvalue weighted by Crippen LogP contribution is 2.28. The summed E-state index contributed by atoms with van der Waals surface area (Å²) in [7, 11) is 0. The first-order valence-corrected chi connectivity index (χ1v) is 4.69. The predicted molar refractivity (Wildman–Crippen MR) is 47.8 cm³/mol. The number of hydrogen-bond donors (Lipinski definition) is 0. The Morgan fingerprint density at radius 1 is 1.55 bits per heavy atom. The molecule has 0 saturated carbocycles. The minimum absolute atomic E-state index is 0.236. The highest BCUT2D eigenvalue weighted by Gasteiger charge is 2.03. The maximum absolute atomic E-state index is 12.8. The fraction of sp³-hybridized carbons (Fsp3) is 0.250. The van der Waals surface area contributed by atoms with Crippen LogP contribution >= 0.6 is 23.4 Å². The van der Waals surface area contributed by atoms with Crippen LogP contribution in [0.25, 0.3) is 0 Å². The number of hydrogen-bond acceptors (Lipinski definition) is 1. The van der Waals surface area contributed by atoms with Gasteiger partial charge in [-0.2, -0.15) is 0 Å². The van der Waals surface area contributed by atoms with Crippen LogP contribution in [-0.4, -0.2) is 5.75 Å². The van der Waals surface area contributed by atoms with E-state index >= 15 is 0 Å². The first-order valence-electron chi connectivity index (χ1n) is 3.32. The van der Waals surface area contributed by atoms with E-state index in [1.165, 1.54) is 6.07 Å². The van der Waals surface area contributed by atoms with Crippen molar-refractivity contribution in [2.75, 3.05) is 5.75 Å². The van der Waals surface area contributed by atoms with Crippen molar-refractivity contribution in [1.82, 2.24) is 0 Å². The maximum Gasteiger partial charge on any atom is 0.142 e. The minimum Gasteiger partial charge on any atom is -0.205 e. The molecule has 0 bridgehead atoms. The Morgan fingerprint density at radius 2 is 2.27 bits per heavy atom. The van der Waals surface area contributed by atoms with Crippen LogP contribution in [0.5, 0.6) is 0 Å². The van der Waals surface area contributed by atoms with Crippen LogP contribution in [0.15, 0.2) is 23.1 Å². The summed E-state index contributed by atoms with van der Waals surface area (Å²) in [6.07, 6.45) is 0. The molecule has 0 spiro atoms. The Morgan fingerprint density at radius 3 is 2.91 bits per heavy atom. The van der Waals surface area contributed by atoms with Gasteiger partial charge in [-0.15, -0.1) is 11.8 Å². The maximum atomic E-state index is 12.8. The molecule has 60 valence electrons. The molecule has 0 aliphatic rings. The average molecular weight is 191 g/mol. The van der Waals surface area contributed by atoms with E-state index in [4.69, 9.17) is 11.6 Å². The molecule has 0 aromatic heterocycles. The van der Waals surface area contributed by atoms with Crippen LogP contribution in [0.1, 0.15) is 6.92 Å². The monoisotopic (exact) mass is 190 g/mol. The second-order valence-corrected chi connectivity index (χ2v) is 3.67. The Balaban J connectivity index is 2.96. The molecule has 1 rings (SSSR count). The van der Waals surface area contributed by atoms with Crippen molar-refractivity contribution in [3.05, 3.63) is 29.0 Å². The Kier molecular flexibility index (Phi) is 3.21. The first kappa shape index (κ1) is 8.88.